The number of nitrogens with zero attached hydrogens (tertiary/aromatic N) is 1. The van der Waals surface area contributed by atoms with Gasteiger partial charge in [0, 0.05) is 17.9 Å². The minimum atomic E-state index is 0. The minimum absolute atomic E-state index is 0. The highest BCUT2D eigenvalue weighted by Crippen LogP contribution is 2.17. The third kappa shape index (κ3) is 14.8. The Morgan fingerprint density at radius 1 is 0.720 bits per heavy atom. The fourth-order valence-electron chi connectivity index (χ4n) is 3.13. The Kier molecular flexibility index (Phi) is 18.7. The predicted molar refractivity (Wildman–Crippen MR) is 109 cm³/mol. The molecule has 0 radical (unpaired) electrons. The maximum Gasteiger partial charge on any atom is 0.239 e. The van der Waals surface area contributed by atoms with Crippen LogP contribution in [0.15, 0.2) is 29.4 Å². The van der Waals surface area contributed by atoms with Crippen molar-refractivity contribution in [3.8, 4) is 0 Å². The van der Waals surface area contributed by atoms with Crippen LogP contribution in [0, 0.1) is 0 Å². The van der Waals surface area contributed by atoms with Gasteiger partial charge in [-0.1, -0.05) is 102 Å². The number of pyridine rings is 1. The van der Waals surface area contributed by atoms with E-state index in [9.17, 15) is 0 Å². The number of unbranched alkanes of at least 4 members (excludes halogenated alkanes) is 13. The number of hydrogen-bond acceptors (Lipinski definition) is 1. The van der Waals surface area contributed by atoms with E-state index < -0.39 is 0 Å². The fourth-order valence-corrected chi connectivity index (χ4v) is 4.13. The van der Waals surface area contributed by atoms with Crippen molar-refractivity contribution < 1.29 is 21.5 Å². The smallest absolute Gasteiger partial charge is 0.239 e. The molecule has 25 heavy (non-hydrogen) atoms. The lowest BCUT2D eigenvalue weighted by Crippen LogP contribution is -3.00. The maximum absolute atomic E-state index is 2.29. The molecule has 0 spiro atoms. The van der Waals surface area contributed by atoms with Crippen LogP contribution in [-0.4, -0.2) is 5.75 Å². The molecular formula is C22H40BrNS. The number of hydrogen-bond donors (Lipinski definition) is 0. The molecule has 0 saturated carbocycles. The molecule has 0 aliphatic rings. The first kappa shape index (κ1) is 25.0. The van der Waals surface area contributed by atoms with Crippen LogP contribution in [0.5, 0.6) is 0 Å². The molecule has 146 valence electrons. The van der Waals surface area contributed by atoms with E-state index in [1.165, 1.54) is 101 Å². The van der Waals surface area contributed by atoms with Crippen molar-refractivity contribution in [2.24, 2.45) is 7.05 Å². The summed E-state index contributed by atoms with van der Waals surface area (Å²) in [6.45, 7) is 2.29. The van der Waals surface area contributed by atoms with Gasteiger partial charge in [0.2, 0.25) is 5.03 Å². The first-order valence-corrected chi connectivity index (χ1v) is 11.4. The van der Waals surface area contributed by atoms with Gasteiger partial charge >= 0.3 is 0 Å². The Morgan fingerprint density at radius 3 is 1.68 bits per heavy atom. The Labute approximate surface area is 172 Å². The average molecular weight is 431 g/mol. The van der Waals surface area contributed by atoms with Gasteiger partial charge in [-0.3, -0.25) is 0 Å². The third-order valence-electron chi connectivity index (χ3n) is 4.76. The van der Waals surface area contributed by atoms with E-state index in [1.54, 1.807) is 0 Å². The number of rotatable bonds is 16. The molecule has 0 unspecified atom stereocenters. The lowest BCUT2D eigenvalue weighted by atomic mass is 10.0. The maximum atomic E-state index is 2.29. The van der Waals surface area contributed by atoms with Crippen LogP contribution in [0.4, 0.5) is 0 Å². The van der Waals surface area contributed by atoms with Gasteiger partial charge in [0.25, 0.3) is 0 Å². The molecule has 0 fully saturated rings. The van der Waals surface area contributed by atoms with Gasteiger partial charge in [0.15, 0.2) is 6.20 Å². The van der Waals surface area contributed by atoms with Crippen LogP contribution in [0.1, 0.15) is 96.8 Å². The van der Waals surface area contributed by atoms with Crippen LogP contribution in [0.25, 0.3) is 0 Å². The van der Waals surface area contributed by atoms with Crippen molar-refractivity contribution in [2.75, 3.05) is 5.75 Å². The van der Waals surface area contributed by atoms with E-state index in [0.29, 0.717) is 0 Å². The Hall–Kier alpha value is -0.0200. The van der Waals surface area contributed by atoms with E-state index in [0.717, 1.165) is 0 Å². The summed E-state index contributed by atoms with van der Waals surface area (Å²) in [7, 11) is 2.13. The molecule has 0 amide bonds. The lowest BCUT2D eigenvalue weighted by molar-refractivity contribution is -0.708. The van der Waals surface area contributed by atoms with Gasteiger partial charge in [-0.15, -0.1) is 0 Å². The van der Waals surface area contributed by atoms with Gasteiger partial charge in [-0.25, -0.2) is 0 Å². The summed E-state index contributed by atoms with van der Waals surface area (Å²) in [5.74, 6) is 1.26. The van der Waals surface area contributed by atoms with E-state index in [2.05, 4.69) is 42.9 Å². The van der Waals surface area contributed by atoms with Crippen LogP contribution >= 0.6 is 11.8 Å². The molecule has 0 aromatic carbocycles. The number of aromatic nitrogens is 1. The zero-order chi connectivity index (χ0) is 17.3. The average Bonchev–Trinajstić information content (AvgIpc) is 2.60. The van der Waals surface area contributed by atoms with Crippen molar-refractivity contribution in [3.63, 3.8) is 0 Å². The molecule has 0 N–H and O–H groups in total. The second-order valence-electron chi connectivity index (χ2n) is 7.09. The summed E-state index contributed by atoms with van der Waals surface area (Å²) in [4.78, 5) is 0. The van der Waals surface area contributed by atoms with Gasteiger partial charge in [0.1, 0.15) is 7.05 Å². The molecule has 1 heterocycles. The van der Waals surface area contributed by atoms with Gasteiger partial charge in [0.05, 0.1) is 0 Å². The highest BCUT2D eigenvalue weighted by Gasteiger charge is 2.04. The molecule has 1 nitrogen and oxygen atoms in total. The Balaban J connectivity index is 0.00000576. The third-order valence-corrected chi connectivity index (χ3v) is 5.97. The van der Waals surface area contributed by atoms with Crippen LogP contribution in [0.3, 0.4) is 0 Å². The zero-order valence-electron chi connectivity index (χ0n) is 16.6. The highest BCUT2D eigenvalue weighted by molar-refractivity contribution is 7.99. The Bertz CT molecular complexity index is 397. The van der Waals surface area contributed by atoms with E-state index in [1.807, 2.05) is 11.8 Å². The van der Waals surface area contributed by atoms with E-state index in [4.69, 9.17) is 0 Å². The van der Waals surface area contributed by atoms with Crippen molar-refractivity contribution in [3.05, 3.63) is 24.4 Å². The Morgan fingerprint density at radius 2 is 1.20 bits per heavy atom. The van der Waals surface area contributed by atoms with Crippen molar-refractivity contribution in [2.45, 2.75) is 102 Å². The topological polar surface area (TPSA) is 3.88 Å². The quantitative estimate of drug-likeness (QED) is 0.217. The van der Waals surface area contributed by atoms with E-state index in [-0.39, 0.29) is 17.0 Å². The standard InChI is InChI=1S/C22H40NS.BrH/c1-3-4-5-6-7-8-9-10-11-12-13-14-15-18-21-24-22-19-16-17-20-23(22)2;/h16-17,19-20H,3-15,18,21H2,1-2H3;1H/q+1;/p-1. The predicted octanol–water partition coefficient (Wildman–Crippen LogP) is 4.09. The second kappa shape index (κ2) is 18.8. The molecule has 1 rings (SSSR count). The van der Waals surface area contributed by atoms with Gasteiger partial charge < -0.3 is 17.0 Å². The van der Waals surface area contributed by atoms with Crippen LogP contribution in [0.2, 0.25) is 0 Å². The number of thioether (sulfide) groups is 1. The van der Waals surface area contributed by atoms with Gasteiger partial charge in [-0.05, 0) is 12.5 Å². The summed E-state index contributed by atoms with van der Waals surface area (Å²) < 4.78 is 2.22. The largest absolute Gasteiger partial charge is 1.00 e. The number of halogens is 1. The van der Waals surface area contributed by atoms with Crippen LogP contribution < -0.4 is 21.5 Å². The summed E-state index contributed by atoms with van der Waals surface area (Å²) in [6.07, 6.45) is 22.3. The minimum Gasteiger partial charge on any atom is -1.00 e. The second-order valence-corrected chi connectivity index (χ2v) is 8.21. The zero-order valence-corrected chi connectivity index (χ0v) is 19.1. The van der Waals surface area contributed by atoms with Crippen molar-refractivity contribution >= 4 is 11.8 Å². The first-order chi connectivity index (χ1) is 11.8. The molecule has 0 aliphatic heterocycles. The highest BCUT2D eigenvalue weighted by atomic mass is 79.9. The molecule has 0 bridgehead atoms. The summed E-state index contributed by atoms with van der Waals surface area (Å²) in [5, 5.41) is 1.38. The molecule has 0 saturated heterocycles. The molecule has 3 heteroatoms. The lowest BCUT2D eigenvalue weighted by Gasteiger charge is -2.03. The van der Waals surface area contributed by atoms with Gasteiger partial charge in [-0.2, -0.15) is 4.57 Å². The normalized spacial score (nSPS) is 10.6. The molecule has 1 aromatic rings. The SMILES string of the molecule is CCCCCCCCCCCCCCCCSc1cccc[n+]1C.[Br-]. The molecule has 1 aromatic heterocycles. The molecular weight excluding hydrogens is 390 g/mol. The summed E-state index contributed by atoms with van der Waals surface area (Å²) in [5.41, 5.74) is 0. The first-order valence-electron chi connectivity index (χ1n) is 10.4. The van der Waals surface area contributed by atoms with Crippen molar-refractivity contribution in [1.29, 1.82) is 0 Å². The summed E-state index contributed by atoms with van der Waals surface area (Å²) in [6, 6.07) is 6.44. The summed E-state index contributed by atoms with van der Waals surface area (Å²) >= 11 is 1.99. The number of aryl methyl sites for hydroxylation is 1. The monoisotopic (exact) mass is 429 g/mol. The van der Waals surface area contributed by atoms with E-state index >= 15 is 0 Å². The molecule has 0 aliphatic carbocycles. The van der Waals surface area contributed by atoms with Crippen LogP contribution in [-0.2, 0) is 7.05 Å². The van der Waals surface area contributed by atoms with Crippen molar-refractivity contribution in [1.82, 2.24) is 0 Å². The molecule has 0 atom stereocenters. The fraction of sp³-hybridized carbons (Fsp3) is 0.773.